The molecule has 0 radical (unpaired) electrons. The molecule has 1 fully saturated rings. The van der Waals surface area contributed by atoms with Gasteiger partial charge in [-0.2, -0.15) is 4.98 Å². The molecule has 1 amide bonds. The van der Waals surface area contributed by atoms with Crippen LogP contribution in [0.3, 0.4) is 0 Å². The molecule has 1 saturated heterocycles. The van der Waals surface area contributed by atoms with Gasteiger partial charge >= 0.3 is 0 Å². The second-order valence-electron chi connectivity index (χ2n) is 9.41. The van der Waals surface area contributed by atoms with Crippen LogP contribution in [0.1, 0.15) is 65.2 Å². The summed E-state index contributed by atoms with van der Waals surface area (Å²) in [7, 11) is 1.64. The van der Waals surface area contributed by atoms with Crippen molar-refractivity contribution < 1.29 is 14.1 Å². The van der Waals surface area contributed by atoms with E-state index in [1.807, 2.05) is 29.2 Å². The average molecular weight is 400 g/mol. The first-order valence-corrected chi connectivity index (χ1v) is 10.5. The Morgan fingerprint density at radius 2 is 1.90 bits per heavy atom. The molecule has 3 rings (SSSR count). The minimum atomic E-state index is 0.213. The van der Waals surface area contributed by atoms with E-state index in [-0.39, 0.29) is 17.2 Å². The smallest absolute Gasteiger partial charge is 0.230 e. The van der Waals surface area contributed by atoms with Crippen molar-refractivity contribution in [1.82, 2.24) is 15.0 Å². The highest BCUT2D eigenvalue weighted by atomic mass is 16.5. The Hall–Kier alpha value is -2.37. The normalized spacial score (nSPS) is 16.7. The summed E-state index contributed by atoms with van der Waals surface area (Å²) in [6.07, 6.45) is 3.42. The van der Waals surface area contributed by atoms with Gasteiger partial charge in [0, 0.05) is 31.0 Å². The molecule has 1 aromatic carbocycles. The van der Waals surface area contributed by atoms with Gasteiger partial charge in [0.15, 0.2) is 0 Å². The molecule has 1 atom stereocenters. The van der Waals surface area contributed by atoms with Gasteiger partial charge in [-0.1, -0.05) is 32.9 Å². The van der Waals surface area contributed by atoms with Gasteiger partial charge in [-0.25, -0.2) is 0 Å². The van der Waals surface area contributed by atoms with Crippen molar-refractivity contribution in [1.29, 1.82) is 0 Å². The fourth-order valence-electron chi connectivity index (χ4n) is 4.18. The number of benzene rings is 1. The molecule has 0 spiro atoms. The Balaban J connectivity index is 1.53. The zero-order valence-electron chi connectivity index (χ0n) is 18.3. The topological polar surface area (TPSA) is 68.5 Å². The monoisotopic (exact) mass is 399 g/mol. The number of rotatable bonds is 6. The number of aromatic nitrogens is 2. The maximum absolute atomic E-state index is 12.6. The van der Waals surface area contributed by atoms with E-state index in [2.05, 4.69) is 37.8 Å². The zero-order chi connectivity index (χ0) is 21.0. The second kappa shape index (κ2) is 8.97. The van der Waals surface area contributed by atoms with Crippen LogP contribution in [0.2, 0.25) is 0 Å². The summed E-state index contributed by atoms with van der Waals surface area (Å²) in [5.41, 5.74) is 1.16. The Bertz CT molecular complexity index is 800. The minimum Gasteiger partial charge on any atom is -0.497 e. The van der Waals surface area contributed by atoms with Crippen molar-refractivity contribution >= 4 is 5.91 Å². The predicted octanol–water partition coefficient (Wildman–Crippen LogP) is 4.91. The first-order chi connectivity index (χ1) is 13.7. The Labute approximate surface area is 173 Å². The molecule has 0 unspecified atom stereocenters. The lowest BCUT2D eigenvalue weighted by Gasteiger charge is -2.32. The standard InChI is InChI=1S/C23H33N3O3/c1-16(15-23(2,3)4)14-20(27)26-12-10-18(11-13-26)22-24-21(25-29-22)17-6-8-19(28-5)9-7-17/h6-9,16,18H,10-15H2,1-5H3/t16-/m0/s1. The largest absolute Gasteiger partial charge is 0.497 e. The minimum absolute atomic E-state index is 0.213. The summed E-state index contributed by atoms with van der Waals surface area (Å²) in [5.74, 6) is 2.95. The van der Waals surface area contributed by atoms with Crippen LogP contribution in [-0.2, 0) is 4.79 Å². The van der Waals surface area contributed by atoms with Gasteiger partial charge in [-0.05, 0) is 54.9 Å². The highest BCUT2D eigenvalue weighted by Gasteiger charge is 2.28. The summed E-state index contributed by atoms with van der Waals surface area (Å²) in [6.45, 7) is 10.4. The highest BCUT2D eigenvalue weighted by molar-refractivity contribution is 5.76. The second-order valence-corrected chi connectivity index (χ2v) is 9.41. The number of hydrogen-bond donors (Lipinski definition) is 0. The van der Waals surface area contributed by atoms with E-state index in [4.69, 9.17) is 9.26 Å². The SMILES string of the molecule is COc1ccc(-c2noc(C3CCN(C(=O)C[C@H](C)CC(C)(C)C)CC3)n2)cc1. The van der Waals surface area contributed by atoms with E-state index < -0.39 is 0 Å². The molecule has 158 valence electrons. The van der Waals surface area contributed by atoms with Gasteiger partial charge in [-0.15, -0.1) is 0 Å². The molecule has 2 heterocycles. The van der Waals surface area contributed by atoms with Crippen molar-refractivity contribution in [2.24, 2.45) is 11.3 Å². The van der Waals surface area contributed by atoms with Crippen LogP contribution in [0.15, 0.2) is 28.8 Å². The molecule has 0 saturated carbocycles. The third kappa shape index (κ3) is 5.81. The number of ether oxygens (including phenoxy) is 1. The molecular formula is C23H33N3O3. The van der Waals surface area contributed by atoms with Gasteiger partial charge in [0.2, 0.25) is 17.6 Å². The summed E-state index contributed by atoms with van der Waals surface area (Å²) >= 11 is 0. The van der Waals surface area contributed by atoms with Crippen molar-refractivity contribution in [3.8, 4) is 17.1 Å². The molecule has 1 aromatic heterocycles. The number of hydrogen-bond acceptors (Lipinski definition) is 5. The number of carbonyl (C=O) groups is 1. The summed E-state index contributed by atoms with van der Waals surface area (Å²) in [6, 6.07) is 7.62. The van der Waals surface area contributed by atoms with Crippen LogP contribution in [-0.4, -0.2) is 41.1 Å². The zero-order valence-corrected chi connectivity index (χ0v) is 18.3. The first-order valence-electron chi connectivity index (χ1n) is 10.5. The fourth-order valence-corrected chi connectivity index (χ4v) is 4.18. The van der Waals surface area contributed by atoms with Gasteiger partial charge in [0.1, 0.15) is 5.75 Å². The van der Waals surface area contributed by atoms with E-state index in [1.54, 1.807) is 7.11 Å². The molecule has 1 aliphatic heterocycles. The van der Waals surface area contributed by atoms with E-state index in [1.165, 1.54) is 0 Å². The lowest BCUT2D eigenvalue weighted by molar-refractivity contribution is -0.133. The van der Waals surface area contributed by atoms with Crippen LogP contribution in [0.5, 0.6) is 5.75 Å². The number of carbonyl (C=O) groups excluding carboxylic acids is 1. The molecule has 6 heteroatoms. The fraction of sp³-hybridized carbons (Fsp3) is 0.609. The summed E-state index contributed by atoms with van der Waals surface area (Å²) < 4.78 is 10.7. The predicted molar refractivity (Wildman–Crippen MR) is 113 cm³/mol. The van der Waals surface area contributed by atoms with Crippen LogP contribution < -0.4 is 4.74 Å². The van der Waals surface area contributed by atoms with E-state index in [0.29, 0.717) is 24.1 Å². The molecule has 0 N–H and O–H groups in total. The van der Waals surface area contributed by atoms with Gasteiger partial charge in [0.25, 0.3) is 0 Å². The Kier molecular flexibility index (Phi) is 6.60. The van der Waals surface area contributed by atoms with Gasteiger partial charge in [-0.3, -0.25) is 4.79 Å². The number of methoxy groups -OCH3 is 1. The Morgan fingerprint density at radius 3 is 2.48 bits per heavy atom. The quantitative estimate of drug-likeness (QED) is 0.690. The van der Waals surface area contributed by atoms with Crippen LogP contribution >= 0.6 is 0 Å². The van der Waals surface area contributed by atoms with Crippen molar-refractivity contribution in [3.05, 3.63) is 30.2 Å². The average Bonchev–Trinajstić information content (AvgIpc) is 3.17. The summed E-state index contributed by atoms with van der Waals surface area (Å²) in [4.78, 5) is 19.2. The molecule has 6 nitrogen and oxygen atoms in total. The van der Waals surface area contributed by atoms with Crippen LogP contribution in [0.4, 0.5) is 0 Å². The third-order valence-corrected chi connectivity index (χ3v) is 5.47. The molecule has 2 aromatic rings. The first kappa shape index (κ1) is 21.3. The number of nitrogens with zero attached hydrogens (tertiary/aromatic N) is 3. The molecular weight excluding hydrogens is 366 g/mol. The molecule has 0 bridgehead atoms. The number of likely N-dealkylation sites (tertiary alicyclic amines) is 1. The molecule has 1 aliphatic rings. The van der Waals surface area contributed by atoms with Crippen molar-refractivity contribution in [2.75, 3.05) is 20.2 Å². The van der Waals surface area contributed by atoms with Gasteiger partial charge < -0.3 is 14.2 Å². The Morgan fingerprint density at radius 1 is 1.24 bits per heavy atom. The molecule has 29 heavy (non-hydrogen) atoms. The van der Waals surface area contributed by atoms with Crippen LogP contribution in [0, 0.1) is 11.3 Å². The lowest BCUT2D eigenvalue weighted by Crippen LogP contribution is -2.38. The van der Waals surface area contributed by atoms with Crippen molar-refractivity contribution in [2.45, 2.75) is 59.3 Å². The van der Waals surface area contributed by atoms with E-state index in [0.717, 1.165) is 43.7 Å². The summed E-state index contributed by atoms with van der Waals surface area (Å²) in [5, 5.41) is 4.14. The maximum Gasteiger partial charge on any atom is 0.230 e. The lowest BCUT2D eigenvalue weighted by atomic mass is 9.84. The molecule has 0 aliphatic carbocycles. The number of piperidine rings is 1. The van der Waals surface area contributed by atoms with Crippen LogP contribution in [0.25, 0.3) is 11.4 Å². The highest BCUT2D eigenvalue weighted by Crippen LogP contribution is 2.30. The van der Waals surface area contributed by atoms with Gasteiger partial charge in [0.05, 0.1) is 7.11 Å². The van der Waals surface area contributed by atoms with E-state index in [9.17, 15) is 4.79 Å². The van der Waals surface area contributed by atoms with E-state index >= 15 is 0 Å². The third-order valence-electron chi connectivity index (χ3n) is 5.47. The van der Waals surface area contributed by atoms with Crippen molar-refractivity contribution in [3.63, 3.8) is 0 Å². The maximum atomic E-state index is 12.6. The number of amides is 1.